The number of fused-ring (bicyclic) bond motifs is 3. The van der Waals surface area contributed by atoms with Gasteiger partial charge in [-0.2, -0.15) is 5.10 Å². The highest BCUT2D eigenvalue weighted by atomic mass is 16.6. The number of aromatic nitrogens is 4. The van der Waals surface area contributed by atoms with Crippen LogP contribution in [0.4, 0.5) is 10.6 Å². The number of H-pyrrole nitrogens is 1. The molecule has 5 heterocycles. The quantitative estimate of drug-likeness (QED) is 0.120. The van der Waals surface area contributed by atoms with Crippen LogP contribution in [0, 0.1) is 24.7 Å². The number of nitrogens with one attached hydrogen (secondary N) is 3. The number of carbonyl (C=O) groups is 4. The first kappa shape index (κ1) is 44.5. The molecule has 4 atom stereocenters. The van der Waals surface area contributed by atoms with Gasteiger partial charge in [-0.05, 0) is 117 Å². The topological polar surface area (TPSA) is 159 Å². The molecule has 2 aliphatic carbocycles. The van der Waals surface area contributed by atoms with E-state index in [0.717, 1.165) is 85.4 Å². The van der Waals surface area contributed by atoms with Crippen molar-refractivity contribution < 1.29 is 23.9 Å². The second-order valence-electron chi connectivity index (χ2n) is 19.1. The fourth-order valence-corrected chi connectivity index (χ4v) is 11.3. The maximum absolute atomic E-state index is 14.9. The average Bonchev–Trinajstić information content (AvgIpc) is 3.80. The average molecular weight is 858 g/mol. The van der Waals surface area contributed by atoms with Gasteiger partial charge in [0.1, 0.15) is 11.4 Å². The summed E-state index contributed by atoms with van der Waals surface area (Å²) in [6.07, 6.45) is 25.6. The Bertz CT molecular complexity index is 2170. The summed E-state index contributed by atoms with van der Waals surface area (Å²) < 4.78 is 5.88. The zero-order valence-corrected chi connectivity index (χ0v) is 37.3. The minimum atomic E-state index is -0.804. The van der Waals surface area contributed by atoms with E-state index in [-0.39, 0.29) is 23.5 Å². The highest BCUT2D eigenvalue weighted by molar-refractivity contribution is 5.91. The molecule has 2 unspecified atom stereocenters. The van der Waals surface area contributed by atoms with Crippen molar-refractivity contribution in [1.82, 2.24) is 30.4 Å². The Balaban J connectivity index is 0.960. The number of likely N-dealkylation sites (tertiary alicyclic amines) is 1. The molecular weight excluding hydrogens is 791 g/mol. The summed E-state index contributed by atoms with van der Waals surface area (Å²) in [5.74, 6) is 1.11. The van der Waals surface area contributed by atoms with Crippen molar-refractivity contribution in [3.8, 4) is 0 Å². The molecule has 1 aromatic carbocycles. The van der Waals surface area contributed by atoms with E-state index in [1.807, 2.05) is 35.6 Å². The molecule has 2 aliphatic heterocycles. The van der Waals surface area contributed by atoms with Crippen LogP contribution < -0.4 is 10.6 Å². The first-order chi connectivity index (χ1) is 30.7. The summed E-state index contributed by atoms with van der Waals surface area (Å²) in [5, 5.41) is 14.5. The van der Waals surface area contributed by atoms with Gasteiger partial charge in [0.25, 0.3) is 0 Å². The monoisotopic (exact) mass is 858 g/mol. The number of Topliss-reactive ketones (excluding diaryl/α,β-unsaturated/α-hetero) is 1. The van der Waals surface area contributed by atoms with Gasteiger partial charge in [-0.1, -0.05) is 70.3 Å². The van der Waals surface area contributed by atoms with Gasteiger partial charge in [-0.25, -0.2) is 9.78 Å². The van der Waals surface area contributed by atoms with E-state index in [1.165, 1.54) is 37.7 Å². The summed E-state index contributed by atoms with van der Waals surface area (Å²) >= 11 is 0. The summed E-state index contributed by atoms with van der Waals surface area (Å²) in [6, 6.07) is 11.8. The van der Waals surface area contributed by atoms with Gasteiger partial charge in [0.15, 0.2) is 5.78 Å². The number of pyridine rings is 2. The fraction of sp³-hybridized carbons (Fsp3) is 0.588. The van der Waals surface area contributed by atoms with Crippen LogP contribution in [0.25, 0.3) is 10.9 Å². The maximum Gasteiger partial charge on any atom is 0.413 e. The third-order valence-corrected chi connectivity index (χ3v) is 14.8. The molecule has 1 saturated heterocycles. The fourth-order valence-electron chi connectivity index (χ4n) is 11.3. The lowest BCUT2D eigenvalue weighted by molar-refractivity contribution is -0.136. The van der Waals surface area contributed by atoms with Crippen molar-refractivity contribution >= 4 is 40.4 Å². The number of anilines is 1. The molecule has 0 bridgehead atoms. The number of hydrogen-bond acceptors (Lipinski definition) is 8. The van der Waals surface area contributed by atoms with Crippen molar-refractivity contribution in [2.24, 2.45) is 17.8 Å². The Kier molecular flexibility index (Phi) is 14.8. The predicted molar refractivity (Wildman–Crippen MR) is 244 cm³/mol. The first-order valence-corrected chi connectivity index (χ1v) is 24.1. The number of ether oxygens (including phenoxy) is 1. The van der Waals surface area contributed by atoms with Crippen LogP contribution >= 0.6 is 0 Å². The highest BCUT2D eigenvalue weighted by Gasteiger charge is 2.45. The molecule has 4 aliphatic rings. The van der Waals surface area contributed by atoms with Crippen molar-refractivity contribution in [3.63, 3.8) is 0 Å². The van der Waals surface area contributed by atoms with Gasteiger partial charge in [0.05, 0.1) is 17.8 Å². The van der Waals surface area contributed by atoms with E-state index in [2.05, 4.69) is 62.0 Å². The van der Waals surface area contributed by atoms with Gasteiger partial charge in [-0.15, -0.1) is 0 Å². The van der Waals surface area contributed by atoms with Crippen molar-refractivity contribution in [1.29, 1.82) is 0 Å². The second-order valence-corrected chi connectivity index (χ2v) is 19.1. The van der Waals surface area contributed by atoms with Crippen LogP contribution in [0.2, 0.25) is 0 Å². The predicted octanol–water partition coefficient (Wildman–Crippen LogP) is 10.0. The van der Waals surface area contributed by atoms with Crippen LogP contribution in [0.1, 0.15) is 157 Å². The number of carbonyl (C=O) groups excluding carboxylic acids is 4. The minimum Gasteiger partial charge on any atom is -0.437 e. The molecule has 3 amide bonds. The largest absolute Gasteiger partial charge is 0.437 e. The van der Waals surface area contributed by atoms with E-state index < -0.39 is 23.7 Å². The Morgan fingerprint density at radius 2 is 1.63 bits per heavy atom. The van der Waals surface area contributed by atoms with Crippen molar-refractivity contribution in [2.45, 2.75) is 159 Å². The molecule has 3 fully saturated rings. The number of amides is 3. The molecule has 0 radical (unpaired) electrons. The van der Waals surface area contributed by atoms with Crippen LogP contribution in [0.5, 0.6) is 0 Å². The number of rotatable bonds is 13. The van der Waals surface area contributed by atoms with Gasteiger partial charge >= 0.3 is 6.09 Å². The smallest absolute Gasteiger partial charge is 0.413 e. The van der Waals surface area contributed by atoms with E-state index in [9.17, 15) is 19.2 Å². The molecule has 3 N–H and O–H groups in total. The van der Waals surface area contributed by atoms with Crippen LogP contribution in [0.3, 0.4) is 0 Å². The number of piperidine rings is 1. The zero-order chi connectivity index (χ0) is 43.6. The molecule has 4 aromatic rings. The number of benzene rings is 1. The van der Waals surface area contributed by atoms with E-state index in [4.69, 9.17) is 4.74 Å². The number of hydrogen-bond donors (Lipinski definition) is 3. The third-order valence-electron chi connectivity index (χ3n) is 14.8. The lowest BCUT2D eigenvalue weighted by atomic mass is 9.81. The van der Waals surface area contributed by atoms with Gasteiger partial charge in [-0.3, -0.25) is 29.8 Å². The van der Waals surface area contributed by atoms with Gasteiger partial charge < -0.3 is 15.0 Å². The van der Waals surface area contributed by atoms with Crippen LogP contribution in [0.15, 0.2) is 61.2 Å². The van der Waals surface area contributed by atoms with E-state index in [1.54, 1.807) is 6.20 Å². The summed E-state index contributed by atoms with van der Waals surface area (Å²) in [6.45, 7) is 2.98. The van der Waals surface area contributed by atoms with Crippen molar-refractivity contribution in [3.05, 3.63) is 83.4 Å². The number of ketones is 1. The molecule has 8 rings (SSSR count). The maximum atomic E-state index is 14.9. The molecule has 12 nitrogen and oxygen atoms in total. The Morgan fingerprint density at radius 3 is 2.44 bits per heavy atom. The summed E-state index contributed by atoms with van der Waals surface area (Å²) in [5.41, 5.74) is 4.49. The normalized spacial score (nSPS) is 21.9. The standard InChI is InChI=1S/C51H67N7O5/c1-35-30-37(32-42-34-54-57-46(35)42)31-41(18-10-20-45(59)58-28-23-51(24-29-58)43-19-11-25-53-48(43)56-50(62)63-51)49(61)55-44(33-36-12-5-3-2-4-6-13-36)47(60)40-15-8-7-14-38(16-9-17-40)39-21-26-52-27-22-39/h11,19,21-22,25-27,30,32,34,36,38,40-41,44H,2-10,12-18,20,23-24,28-29,31,33H2,1H3,(H,54,57)(H,55,61)(H,53,56,62)/t38?,40?,41-,44+/m1/s1. The first-order valence-electron chi connectivity index (χ1n) is 24.1. The molecule has 336 valence electrons. The SMILES string of the molecule is Cc1cc(C[C@@H](CCCC(=O)N2CCC3(CC2)OC(=O)Nc2ncccc23)C(=O)N[C@@H](CC2CCCCCCC2)C(=O)C2CCCCC(c3ccncc3)CCC2)cc2cn[nH]c12. The Hall–Kier alpha value is -5.13. The van der Waals surface area contributed by atoms with Crippen LogP contribution in [-0.4, -0.2) is 67.9 Å². The number of aryl methyl sites for hydroxylation is 1. The van der Waals surface area contributed by atoms with E-state index in [0.29, 0.717) is 75.7 Å². The van der Waals surface area contributed by atoms with Crippen molar-refractivity contribution in [2.75, 3.05) is 18.4 Å². The summed E-state index contributed by atoms with van der Waals surface area (Å²) in [4.78, 5) is 66.4. The molecule has 2 saturated carbocycles. The zero-order valence-electron chi connectivity index (χ0n) is 37.3. The Labute approximate surface area is 372 Å². The lowest BCUT2D eigenvalue weighted by Crippen LogP contribution is -2.50. The van der Waals surface area contributed by atoms with E-state index >= 15 is 0 Å². The molecular formula is C51H67N7O5. The lowest BCUT2D eigenvalue weighted by Gasteiger charge is -2.43. The molecule has 3 aromatic heterocycles. The van der Waals surface area contributed by atoms with Gasteiger partial charge in [0.2, 0.25) is 11.8 Å². The number of nitrogens with zero attached hydrogens (tertiary/aromatic N) is 4. The third kappa shape index (κ3) is 11.2. The Morgan fingerprint density at radius 1 is 0.905 bits per heavy atom. The second kappa shape index (κ2) is 21.0. The van der Waals surface area contributed by atoms with Gasteiger partial charge in [0, 0.05) is 73.7 Å². The molecule has 12 heteroatoms. The highest BCUT2D eigenvalue weighted by Crippen LogP contribution is 2.43. The summed E-state index contributed by atoms with van der Waals surface area (Å²) in [7, 11) is 0. The van der Waals surface area contributed by atoms with Crippen LogP contribution in [-0.2, 0) is 31.1 Å². The number of aromatic amines is 1. The molecule has 1 spiro atoms. The molecule has 63 heavy (non-hydrogen) atoms. The minimum absolute atomic E-state index is 0.0371.